The minimum absolute atomic E-state index is 0.157. The van der Waals surface area contributed by atoms with E-state index in [1.807, 2.05) is 20.8 Å². The molecule has 1 aliphatic heterocycles. The lowest BCUT2D eigenvalue weighted by Gasteiger charge is -2.19. The molecule has 0 bridgehead atoms. The number of esters is 1. The molecule has 0 spiro atoms. The topological polar surface area (TPSA) is 82.1 Å². The van der Waals surface area contributed by atoms with Crippen LogP contribution in [0, 0.1) is 0 Å². The van der Waals surface area contributed by atoms with Gasteiger partial charge in [-0.2, -0.15) is 0 Å². The van der Waals surface area contributed by atoms with Crippen LogP contribution in [0.3, 0.4) is 0 Å². The summed E-state index contributed by atoms with van der Waals surface area (Å²) in [5, 5.41) is 0. The molecule has 0 atom stereocenters. The summed E-state index contributed by atoms with van der Waals surface area (Å²) < 4.78 is 16.4. The van der Waals surface area contributed by atoms with E-state index in [1.54, 1.807) is 24.3 Å². The van der Waals surface area contributed by atoms with E-state index in [2.05, 4.69) is 0 Å². The van der Waals surface area contributed by atoms with E-state index in [4.69, 9.17) is 14.2 Å². The minimum atomic E-state index is -0.424. The molecule has 0 aromatic heterocycles. The van der Waals surface area contributed by atoms with Gasteiger partial charge in [0.25, 0.3) is 11.8 Å². The standard InChI is InChI=1S/C24H35NO6/c1-24(2,3)31-21(26)13-7-10-17-29-15-8-4-9-16-30-18-14-25-22(27)19-11-5-6-12-20(19)23(25)28/h5-6,11-12H,4,7-10,13-18H2,1-3H3. The first-order chi connectivity index (χ1) is 14.8. The highest BCUT2D eigenvalue weighted by Crippen LogP contribution is 2.21. The highest BCUT2D eigenvalue weighted by molar-refractivity contribution is 6.21. The molecule has 7 nitrogen and oxygen atoms in total. The van der Waals surface area contributed by atoms with Crippen molar-refractivity contribution >= 4 is 17.8 Å². The van der Waals surface area contributed by atoms with Gasteiger partial charge in [-0.05, 0) is 65.0 Å². The lowest BCUT2D eigenvalue weighted by atomic mass is 10.1. The van der Waals surface area contributed by atoms with Crippen molar-refractivity contribution in [3.8, 4) is 0 Å². The molecular weight excluding hydrogens is 398 g/mol. The van der Waals surface area contributed by atoms with Crippen LogP contribution in [0.15, 0.2) is 24.3 Å². The quantitative estimate of drug-likeness (QED) is 0.251. The summed E-state index contributed by atoms with van der Waals surface area (Å²) in [5.41, 5.74) is 0.515. The number of hydrogen-bond donors (Lipinski definition) is 0. The Morgan fingerprint density at radius 2 is 1.32 bits per heavy atom. The normalized spacial score (nSPS) is 13.6. The van der Waals surface area contributed by atoms with E-state index >= 15 is 0 Å². The summed E-state index contributed by atoms with van der Waals surface area (Å²) in [5.74, 6) is -0.643. The number of hydrogen-bond acceptors (Lipinski definition) is 6. The Balaban J connectivity index is 1.40. The van der Waals surface area contributed by atoms with E-state index in [-0.39, 0.29) is 24.3 Å². The molecule has 1 heterocycles. The summed E-state index contributed by atoms with van der Waals surface area (Å²) >= 11 is 0. The molecule has 31 heavy (non-hydrogen) atoms. The van der Waals surface area contributed by atoms with Crippen LogP contribution in [0.2, 0.25) is 0 Å². The van der Waals surface area contributed by atoms with Crippen LogP contribution in [0.5, 0.6) is 0 Å². The van der Waals surface area contributed by atoms with Crippen molar-refractivity contribution in [2.24, 2.45) is 0 Å². The van der Waals surface area contributed by atoms with Gasteiger partial charge in [0, 0.05) is 26.2 Å². The fourth-order valence-electron chi connectivity index (χ4n) is 3.25. The highest BCUT2D eigenvalue weighted by atomic mass is 16.6. The summed E-state index contributed by atoms with van der Waals surface area (Å²) in [6.45, 7) is 8.17. The third-order valence-electron chi connectivity index (χ3n) is 4.75. The van der Waals surface area contributed by atoms with Crippen LogP contribution >= 0.6 is 0 Å². The molecule has 0 fully saturated rings. The fourth-order valence-corrected chi connectivity index (χ4v) is 3.25. The zero-order valence-electron chi connectivity index (χ0n) is 19.0. The molecule has 1 aromatic carbocycles. The Kier molecular flexibility index (Phi) is 10.1. The highest BCUT2D eigenvalue weighted by Gasteiger charge is 2.34. The first-order valence-corrected chi connectivity index (χ1v) is 11.1. The van der Waals surface area contributed by atoms with Gasteiger partial charge in [0.05, 0.1) is 24.3 Å². The van der Waals surface area contributed by atoms with E-state index in [1.165, 1.54) is 4.90 Å². The third kappa shape index (κ3) is 8.79. The maximum atomic E-state index is 12.2. The lowest BCUT2D eigenvalue weighted by molar-refractivity contribution is -0.154. The number of amides is 2. The number of imide groups is 1. The molecule has 2 amide bonds. The van der Waals surface area contributed by atoms with Crippen LogP contribution in [0.25, 0.3) is 0 Å². The molecule has 1 aliphatic rings. The van der Waals surface area contributed by atoms with Crippen LogP contribution in [0.4, 0.5) is 0 Å². The van der Waals surface area contributed by atoms with Crippen molar-refractivity contribution in [2.75, 3.05) is 33.0 Å². The van der Waals surface area contributed by atoms with Gasteiger partial charge < -0.3 is 14.2 Å². The summed E-state index contributed by atoms with van der Waals surface area (Å²) in [7, 11) is 0. The molecule has 0 radical (unpaired) electrons. The molecular formula is C24H35NO6. The Morgan fingerprint density at radius 1 is 0.806 bits per heavy atom. The molecule has 7 heteroatoms. The molecule has 0 N–H and O–H groups in total. The smallest absolute Gasteiger partial charge is 0.306 e. The zero-order valence-corrected chi connectivity index (χ0v) is 19.0. The maximum absolute atomic E-state index is 12.2. The average Bonchev–Trinajstić information content (AvgIpc) is 2.95. The SMILES string of the molecule is CC(C)(C)OC(=O)CCCCOCCCCCOCCN1C(=O)c2ccccc2C1=O. The third-order valence-corrected chi connectivity index (χ3v) is 4.75. The largest absolute Gasteiger partial charge is 0.460 e. The average molecular weight is 434 g/mol. The molecule has 172 valence electrons. The lowest BCUT2D eigenvalue weighted by Crippen LogP contribution is -2.33. The Hall–Kier alpha value is -2.25. The Labute approximate surface area is 185 Å². The van der Waals surface area contributed by atoms with Crippen LogP contribution in [-0.4, -0.2) is 61.3 Å². The number of benzene rings is 1. The number of fused-ring (bicyclic) bond motifs is 1. The Morgan fingerprint density at radius 3 is 1.87 bits per heavy atom. The van der Waals surface area contributed by atoms with Gasteiger partial charge in [0.1, 0.15) is 5.60 Å². The van der Waals surface area contributed by atoms with Crippen molar-refractivity contribution in [3.63, 3.8) is 0 Å². The number of carbonyl (C=O) groups is 3. The van der Waals surface area contributed by atoms with E-state index in [9.17, 15) is 14.4 Å². The van der Waals surface area contributed by atoms with Crippen molar-refractivity contribution in [3.05, 3.63) is 35.4 Å². The van der Waals surface area contributed by atoms with Gasteiger partial charge in [-0.25, -0.2) is 0 Å². The van der Waals surface area contributed by atoms with Gasteiger partial charge in [-0.3, -0.25) is 19.3 Å². The summed E-state index contributed by atoms with van der Waals surface area (Å²) in [6, 6.07) is 6.88. The number of unbranched alkanes of at least 4 members (excludes halogenated alkanes) is 3. The van der Waals surface area contributed by atoms with Crippen LogP contribution < -0.4 is 0 Å². The van der Waals surface area contributed by atoms with Crippen molar-refractivity contribution in [1.29, 1.82) is 0 Å². The monoisotopic (exact) mass is 433 g/mol. The van der Waals surface area contributed by atoms with Gasteiger partial charge in [-0.15, -0.1) is 0 Å². The second-order valence-electron chi connectivity index (χ2n) is 8.64. The summed E-state index contributed by atoms with van der Waals surface area (Å²) in [6.07, 6.45) is 4.90. The minimum Gasteiger partial charge on any atom is -0.460 e. The predicted molar refractivity (Wildman–Crippen MR) is 117 cm³/mol. The first-order valence-electron chi connectivity index (χ1n) is 11.1. The molecule has 0 saturated carbocycles. The number of carbonyl (C=O) groups excluding carboxylic acids is 3. The fraction of sp³-hybridized carbons (Fsp3) is 0.625. The van der Waals surface area contributed by atoms with E-state index < -0.39 is 5.60 Å². The number of ether oxygens (including phenoxy) is 3. The maximum Gasteiger partial charge on any atom is 0.306 e. The molecule has 1 aromatic rings. The second-order valence-corrected chi connectivity index (χ2v) is 8.64. The van der Waals surface area contributed by atoms with E-state index in [0.29, 0.717) is 44.0 Å². The van der Waals surface area contributed by atoms with Gasteiger partial charge in [0.15, 0.2) is 0 Å². The second kappa shape index (κ2) is 12.6. The van der Waals surface area contributed by atoms with Crippen molar-refractivity contribution in [2.45, 2.75) is 64.9 Å². The number of nitrogens with zero attached hydrogens (tertiary/aromatic N) is 1. The predicted octanol–water partition coefficient (Wildman–Crippen LogP) is 4.00. The first kappa shape index (κ1) is 25.0. The summed E-state index contributed by atoms with van der Waals surface area (Å²) in [4.78, 5) is 37.3. The Bertz CT molecular complexity index is 705. The number of rotatable bonds is 14. The molecule has 0 aliphatic carbocycles. The molecule has 0 unspecified atom stereocenters. The van der Waals surface area contributed by atoms with Gasteiger partial charge >= 0.3 is 5.97 Å². The molecule has 0 saturated heterocycles. The molecule has 2 rings (SSSR count). The van der Waals surface area contributed by atoms with Crippen molar-refractivity contribution in [1.82, 2.24) is 4.90 Å². The van der Waals surface area contributed by atoms with Crippen LogP contribution in [0.1, 0.15) is 80.0 Å². The van der Waals surface area contributed by atoms with Crippen molar-refractivity contribution < 1.29 is 28.6 Å². The van der Waals surface area contributed by atoms with Gasteiger partial charge in [0.2, 0.25) is 0 Å². The van der Waals surface area contributed by atoms with E-state index in [0.717, 1.165) is 32.1 Å². The van der Waals surface area contributed by atoms with Gasteiger partial charge in [-0.1, -0.05) is 12.1 Å². The van der Waals surface area contributed by atoms with Crippen LogP contribution in [-0.2, 0) is 19.0 Å². The zero-order chi connectivity index (χ0) is 22.7.